The van der Waals surface area contributed by atoms with Crippen LogP contribution in [-0.2, 0) is 11.2 Å². The highest BCUT2D eigenvalue weighted by molar-refractivity contribution is 7.20. The molecule has 1 fully saturated rings. The maximum atomic E-state index is 12.6. The first-order chi connectivity index (χ1) is 14.0. The number of anilines is 1. The van der Waals surface area contributed by atoms with Crippen LogP contribution in [0.4, 0.5) is 5.13 Å². The highest BCUT2D eigenvalue weighted by Gasteiger charge is 2.27. The first-order valence-corrected chi connectivity index (χ1v) is 10.8. The van der Waals surface area contributed by atoms with E-state index < -0.39 is 0 Å². The number of aryl methyl sites for hydroxylation is 1. The third-order valence-corrected chi connectivity index (χ3v) is 6.27. The first kappa shape index (κ1) is 19.8. The van der Waals surface area contributed by atoms with Crippen LogP contribution in [0.3, 0.4) is 0 Å². The number of carbonyl (C=O) groups is 1. The summed E-state index contributed by atoms with van der Waals surface area (Å²) in [5, 5.41) is 8.92. The summed E-state index contributed by atoms with van der Waals surface area (Å²) < 4.78 is 1.34. The second-order valence-corrected chi connectivity index (χ2v) is 8.64. The molecule has 1 saturated heterocycles. The summed E-state index contributed by atoms with van der Waals surface area (Å²) >= 11 is 7.29. The van der Waals surface area contributed by atoms with Crippen molar-refractivity contribution in [2.45, 2.75) is 26.2 Å². The molecule has 3 heterocycles. The molecule has 1 atom stereocenters. The van der Waals surface area contributed by atoms with E-state index in [9.17, 15) is 9.59 Å². The standard InChI is InChI=1S/C20H22ClN5O2S/c1-13-11-17(27)26-19(23-13)29-20(24-26)25-10-2-3-15(12-25)18(28)22-9-8-14-4-6-16(21)7-5-14/h4-7,11,15H,2-3,8-10,12H2,1H3,(H,22,28)/t15-/m0/s1. The Morgan fingerprint density at radius 3 is 2.93 bits per heavy atom. The Hall–Kier alpha value is -2.45. The summed E-state index contributed by atoms with van der Waals surface area (Å²) in [7, 11) is 0. The SMILES string of the molecule is Cc1cc(=O)n2nc(N3CCC[C@H](C(=O)NCCc4ccc(Cl)cc4)C3)sc2n1. The topological polar surface area (TPSA) is 79.6 Å². The number of nitrogens with one attached hydrogen (secondary N) is 1. The highest BCUT2D eigenvalue weighted by atomic mass is 35.5. The molecular formula is C20H22ClN5O2S. The minimum atomic E-state index is -0.177. The molecule has 1 N–H and O–H groups in total. The average molecular weight is 432 g/mol. The predicted octanol–water partition coefficient (Wildman–Crippen LogP) is 2.69. The van der Waals surface area contributed by atoms with Gasteiger partial charge in [0, 0.05) is 36.4 Å². The molecule has 0 saturated carbocycles. The van der Waals surface area contributed by atoms with Gasteiger partial charge in [-0.15, -0.1) is 5.10 Å². The zero-order valence-corrected chi connectivity index (χ0v) is 17.7. The Balaban J connectivity index is 1.37. The quantitative estimate of drug-likeness (QED) is 0.671. The van der Waals surface area contributed by atoms with Crippen LogP contribution in [0, 0.1) is 12.8 Å². The van der Waals surface area contributed by atoms with Gasteiger partial charge in [-0.05, 0) is 43.9 Å². The number of aromatic nitrogens is 3. The van der Waals surface area contributed by atoms with Gasteiger partial charge in [0.15, 0.2) is 0 Å². The first-order valence-electron chi connectivity index (χ1n) is 9.64. The second-order valence-electron chi connectivity index (χ2n) is 7.27. The van der Waals surface area contributed by atoms with Gasteiger partial charge in [0.1, 0.15) is 0 Å². The molecule has 1 aliphatic heterocycles. The van der Waals surface area contributed by atoms with Crippen molar-refractivity contribution < 1.29 is 4.79 Å². The van der Waals surface area contributed by atoms with Crippen LogP contribution in [0.5, 0.6) is 0 Å². The number of hydrogen-bond donors (Lipinski definition) is 1. The van der Waals surface area contributed by atoms with E-state index in [1.807, 2.05) is 24.3 Å². The molecule has 9 heteroatoms. The van der Waals surface area contributed by atoms with E-state index in [0.29, 0.717) is 28.8 Å². The second kappa shape index (κ2) is 8.51. The highest BCUT2D eigenvalue weighted by Crippen LogP contribution is 2.27. The van der Waals surface area contributed by atoms with Gasteiger partial charge >= 0.3 is 0 Å². The summed E-state index contributed by atoms with van der Waals surface area (Å²) in [6, 6.07) is 9.14. The van der Waals surface area contributed by atoms with E-state index >= 15 is 0 Å². The minimum Gasteiger partial charge on any atom is -0.355 e. The van der Waals surface area contributed by atoms with Gasteiger partial charge in [-0.3, -0.25) is 9.59 Å². The zero-order valence-electron chi connectivity index (χ0n) is 16.1. The number of piperidine rings is 1. The van der Waals surface area contributed by atoms with Crippen molar-refractivity contribution in [3.63, 3.8) is 0 Å². The summed E-state index contributed by atoms with van der Waals surface area (Å²) in [5.74, 6) is -0.0247. The normalized spacial score (nSPS) is 16.9. The molecule has 29 heavy (non-hydrogen) atoms. The van der Waals surface area contributed by atoms with Gasteiger partial charge < -0.3 is 10.2 Å². The van der Waals surface area contributed by atoms with E-state index in [0.717, 1.165) is 36.5 Å². The molecule has 0 aliphatic carbocycles. The minimum absolute atomic E-state index is 0.0657. The molecule has 4 rings (SSSR count). The molecule has 7 nitrogen and oxygen atoms in total. The van der Waals surface area contributed by atoms with Crippen LogP contribution in [0.2, 0.25) is 5.02 Å². The lowest BCUT2D eigenvalue weighted by atomic mass is 9.97. The molecule has 1 aliphatic rings. The molecule has 0 unspecified atom stereocenters. The van der Waals surface area contributed by atoms with Crippen LogP contribution in [-0.4, -0.2) is 40.1 Å². The van der Waals surface area contributed by atoms with Crippen molar-refractivity contribution in [2.24, 2.45) is 5.92 Å². The van der Waals surface area contributed by atoms with Crippen molar-refractivity contribution in [1.82, 2.24) is 19.9 Å². The van der Waals surface area contributed by atoms with E-state index in [-0.39, 0.29) is 17.4 Å². The fourth-order valence-electron chi connectivity index (χ4n) is 3.53. The van der Waals surface area contributed by atoms with Gasteiger partial charge in [0.05, 0.1) is 5.92 Å². The van der Waals surface area contributed by atoms with Crippen LogP contribution >= 0.6 is 22.9 Å². The third-order valence-electron chi connectivity index (χ3n) is 5.05. The number of carbonyl (C=O) groups excluding carboxylic acids is 1. The van der Waals surface area contributed by atoms with Gasteiger partial charge in [-0.25, -0.2) is 4.98 Å². The largest absolute Gasteiger partial charge is 0.355 e. The van der Waals surface area contributed by atoms with Gasteiger partial charge in [-0.2, -0.15) is 4.52 Å². The maximum absolute atomic E-state index is 12.6. The third kappa shape index (κ3) is 4.59. The molecule has 0 bridgehead atoms. The number of nitrogens with zero attached hydrogens (tertiary/aromatic N) is 4. The van der Waals surface area contributed by atoms with E-state index in [1.54, 1.807) is 6.92 Å². The van der Waals surface area contributed by atoms with Crippen LogP contribution in [0.25, 0.3) is 4.96 Å². The molecular weight excluding hydrogens is 410 g/mol. The van der Waals surface area contributed by atoms with Gasteiger partial charge in [0.2, 0.25) is 16.0 Å². The fraction of sp³-hybridized carbons (Fsp3) is 0.400. The number of amides is 1. The number of rotatable bonds is 5. The Kier molecular flexibility index (Phi) is 5.82. The molecule has 0 spiro atoms. The van der Waals surface area contributed by atoms with E-state index in [1.165, 1.54) is 21.9 Å². The van der Waals surface area contributed by atoms with Crippen molar-refractivity contribution in [1.29, 1.82) is 0 Å². The predicted molar refractivity (Wildman–Crippen MR) is 115 cm³/mol. The summed E-state index contributed by atoms with van der Waals surface area (Å²) in [6.45, 7) is 3.81. The van der Waals surface area contributed by atoms with E-state index in [4.69, 9.17) is 11.6 Å². The molecule has 1 amide bonds. The zero-order chi connectivity index (χ0) is 20.4. The van der Waals surface area contributed by atoms with Gasteiger partial charge in [0.25, 0.3) is 5.56 Å². The Morgan fingerprint density at radius 1 is 1.34 bits per heavy atom. The van der Waals surface area contributed by atoms with Crippen molar-refractivity contribution in [3.8, 4) is 0 Å². The van der Waals surface area contributed by atoms with Crippen molar-refractivity contribution in [2.75, 3.05) is 24.5 Å². The number of hydrogen-bond acceptors (Lipinski definition) is 6. The van der Waals surface area contributed by atoms with E-state index in [2.05, 4.69) is 20.3 Å². The molecule has 3 aromatic rings. The fourth-order valence-corrected chi connectivity index (χ4v) is 4.64. The summed E-state index contributed by atoms with van der Waals surface area (Å²) in [6.07, 6.45) is 2.53. The number of halogens is 1. The van der Waals surface area contributed by atoms with Crippen molar-refractivity contribution in [3.05, 3.63) is 57.0 Å². The lowest BCUT2D eigenvalue weighted by Gasteiger charge is -2.31. The molecule has 152 valence electrons. The number of fused-ring (bicyclic) bond motifs is 1. The number of benzene rings is 1. The van der Waals surface area contributed by atoms with Crippen LogP contribution < -0.4 is 15.8 Å². The molecule has 0 radical (unpaired) electrons. The van der Waals surface area contributed by atoms with Gasteiger partial charge in [-0.1, -0.05) is 35.1 Å². The van der Waals surface area contributed by atoms with Crippen molar-refractivity contribution >= 4 is 38.9 Å². The lowest BCUT2D eigenvalue weighted by molar-refractivity contribution is -0.125. The lowest BCUT2D eigenvalue weighted by Crippen LogP contribution is -2.43. The van der Waals surface area contributed by atoms with Crippen LogP contribution in [0.15, 0.2) is 35.1 Å². The smallest absolute Gasteiger partial charge is 0.275 e. The summed E-state index contributed by atoms with van der Waals surface area (Å²) in [4.78, 5) is 31.8. The Bertz CT molecular complexity index is 1080. The monoisotopic (exact) mass is 431 g/mol. The average Bonchev–Trinajstić information content (AvgIpc) is 3.14. The van der Waals surface area contributed by atoms with Crippen LogP contribution in [0.1, 0.15) is 24.1 Å². The molecule has 2 aromatic heterocycles. The Labute approximate surface area is 177 Å². The maximum Gasteiger partial charge on any atom is 0.275 e. The molecule has 1 aromatic carbocycles. The summed E-state index contributed by atoms with van der Waals surface area (Å²) in [5.41, 5.74) is 1.65. The Morgan fingerprint density at radius 2 is 2.14 bits per heavy atom.